The van der Waals surface area contributed by atoms with Gasteiger partial charge in [0.2, 0.25) is 11.8 Å². The van der Waals surface area contributed by atoms with E-state index in [4.69, 9.17) is 0 Å². The first-order valence-corrected chi connectivity index (χ1v) is 8.33. The molecule has 2 aromatic rings. The molecule has 126 valence electrons. The zero-order chi connectivity index (χ0) is 16.9. The molecule has 3 rings (SSSR count). The Morgan fingerprint density at radius 2 is 1.92 bits per heavy atom. The Labute approximate surface area is 142 Å². The number of benzene rings is 1. The topological polar surface area (TPSA) is 54.3 Å². The smallest absolute Gasteiger partial charge is 0.225 e. The first kappa shape index (κ1) is 16.3. The predicted molar refractivity (Wildman–Crippen MR) is 92.1 cm³/mol. The van der Waals surface area contributed by atoms with Crippen molar-refractivity contribution in [2.24, 2.45) is 5.92 Å². The maximum Gasteiger partial charge on any atom is 0.225 e. The van der Waals surface area contributed by atoms with E-state index in [0.29, 0.717) is 26.1 Å². The lowest BCUT2D eigenvalue weighted by molar-refractivity contribution is -0.129. The van der Waals surface area contributed by atoms with Crippen molar-refractivity contribution in [2.45, 2.75) is 26.4 Å². The van der Waals surface area contributed by atoms with E-state index in [0.717, 1.165) is 12.1 Å². The Bertz CT molecular complexity index is 692. The summed E-state index contributed by atoms with van der Waals surface area (Å²) in [4.78, 5) is 26.2. The molecule has 0 radical (unpaired) electrons. The molecule has 1 aliphatic rings. The fourth-order valence-electron chi connectivity index (χ4n) is 2.99. The highest BCUT2D eigenvalue weighted by Crippen LogP contribution is 2.20. The standard InChI is InChI=1S/C19H23N3O2/c1-15-4-6-16(7-5-15)13-22-14-17(12-18(22)23)19(24)20-8-11-21-9-2-3-10-21/h2-7,9-10,17H,8,11-14H2,1H3,(H,20,24). The van der Waals surface area contributed by atoms with Gasteiger partial charge in [-0.15, -0.1) is 0 Å². The van der Waals surface area contributed by atoms with E-state index >= 15 is 0 Å². The van der Waals surface area contributed by atoms with Crippen LogP contribution in [0.3, 0.4) is 0 Å². The van der Waals surface area contributed by atoms with E-state index in [1.807, 2.05) is 60.3 Å². The molecule has 1 N–H and O–H groups in total. The van der Waals surface area contributed by atoms with Gasteiger partial charge < -0.3 is 14.8 Å². The van der Waals surface area contributed by atoms with Crippen LogP contribution >= 0.6 is 0 Å². The molecule has 1 aromatic heterocycles. The van der Waals surface area contributed by atoms with Crippen molar-refractivity contribution in [1.29, 1.82) is 0 Å². The molecule has 2 amide bonds. The molecule has 1 aromatic carbocycles. The second-order valence-corrected chi connectivity index (χ2v) is 6.37. The second-order valence-electron chi connectivity index (χ2n) is 6.37. The molecular formula is C19H23N3O2. The molecule has 0 aliphatic carbocycles. The predicted octanol–water partition coefficient (Wildman–Crippen LogP) is 1.96. The number of rotatable bonds is 6. The first-order valence-electron chi connectivity index (χ1n) is 8.33. The maximum absolute atomic E-state index is 12.3. The molecule has 2 heterocycles. The molecule has 1 atom stereocenters. The number of hydrogen-bond acceptors (Lipinski definition) is 2. The lowest BCUT2D eigenvalue weighted by Gasteiger charge is -2.17. The average Bonchev–Trinajstić information content (AvgIpc) is 3.20. The van der Waals surface area contributed by atoms with Crippen molar-refractivity contribution in [3.8, 4) is 0 Å². The third kappa shape index (κ3) is 4.04. The second kappa shape index (κ2) is 7.34. The summed E-state index contributed by atoms with van der Waals surface area (Å²) in [5.74, 6) is -0.212. The van der Waals surface area contributed by atoms with E-state index in [2.05, 4.69) is 5.32 Å². The van der Waals surface area contributed by atoms with E-state index in [1.54, 1.807) is 4.90 Å². The summed E-state index contributed by atoms with van der Waals surface area (Å²) in [5, 5.41) is 2.94. The van der Waals surface area contributed by atoms with E-state index in [1.165, 1.54) is 5.56 Å². The largest absolute Gasteiger partial charge is 0.354 e. The Balaban J connectivity index is 1.48. The monoisotopic (exact) mass is 325 g/mol. The number of aryl methyl sites for hydroxylation is 1. The number of hydrogen-bond donors (Lipinski definition) is 1. The molecule has 0 bridgehead atoms. The molecule has 1 aliphatic heterocycles. The SMILES string of the molecule is Cc1ccc(CN2CC(C(=O)NCCn3cccc3)CC2=O)cc1. The van der Waals surface area contributed by atoms with Crippen LogP contribution < -0.4 is 5.32 Å². The summed E-state index contributed by atoms with van der Waals surface area (Å²) in [7, 11) is 0. The van der Waals surface area contributed by atoms with Crippen LogP contribution in [0.2, 0.25) is 0 Å². The minimum atomic E-state index is -0.243. The number of aromatic nitrogens is 1. The number of carbonyl (C=O) groups is 2. The normalized spacial score (nSPS) is 17.3. The lowest BCUT2D eigenvalue weighted by atomic mass is 10.1. The summed E-state index contributed by atoms with van der Waals surface area (Å²) < 4.78 is 2.02. The number of likely N-dealkylation sites (tertiary alicyclic amines) is 1. The molecule has 24 heavy (non-hydrogen) atoms. The first-order chi connectivity index (χ1) is 11.6. The van der Waals surface area contributed by atoms with Gasteiger partial charge in [0.05, 0.1) is 5.92 Å². The molecule has 1 saturated heterocycles. The van der Waals surface area contributed by atoms with Crippen LogP contribution in [-0.4, -0.2) is 34.4 Å². The summed E-state index contributed by atoms with van der Waals surface area (Å²) in [6.45, 7) is 4.44. The zero-order valence-electron chi connectivity index (χ0n) is 13.9. The maximum atomic E-state index is 12.3. The summed E-state index contributed by atoms with van der Waals surface area (Å²) in [6, 6.07) is 12.1. The van der Waals surface area contributed by atoms with Crippen LogP contribution in [-0.2, 0) is 22.7 Å². The summed E-state index contributed by atoms with van der Waals surface area (Å²) >= 11 is 0. The molecule has 1 fully saturated rings. The molecule has 5 heteroatoms. The van der Waals surface area contributed by atoms with Gasteiger partial charge in [0.1, 0.15) is 0 Å². The van der Waals surface area contributed by atoms with Crippen molar-refractivity contribution in [3.05, 3.63) is 59.9 Å². The van der Waals surface area contributed by atoms with Crippen LogP contribution in [0.25, 0.3) is 0 Å². The van der Waals surface area contributed by atoms with Gasteiger partial charge in [-0.05, 0) is 24.6 Å². The third-order valence-electron chi connectivity index (χ3n) is 4.41. The average molecular weight is 325 g/mol. The quantitative estimate of drug-likeness (QED) is 0.883. The van der Waals surface area contributed by atoms with Crippen molar-refractivity contribution < 1.29 is 9.59 Å². The fourth-order valence-corrected chi connectivity index (χ4v) is 2.99. The highest BCUT2D eigenvalue weighted by atomic mass is 16.2. The number of nitrogens with one attached hydrogen (secondary N) is 1. The van der Waals surface area contributed by atoms with Gasteiger partial charge >= 0.3 is 0 Å². The Kier molecular flexibility index (Phi) is 4.99. The van der Waals surface area contributed by atoms with Gasteiger partial charge in [-0.25, -0.2) is 0 Å². The van der Waals surface area contributed by atoms with Crippen molar-refractivity contribution >= 4 is 11.8 Å². The molecule has 1 unspecified atom stereocenters. The van der Waals surface area contributed by atoms with Crippen LogP contribution in [0, 0.1) is 12.8 Å². The molecular weight excluding hydrogens is 302 g/mol. The van der Waals surface area contributed by atoms with Crippen molar-refractivity contribution in [1.82, 2.24) is 14.8 Å². The summed E-state index contributed by atoms with van der Waals surface area (Å²) in [5.41, 5.74) is 2.30. The highest BCUT2D eigenvalue weighted by molar-refractivity contribution is 5.89. The van der Waals surface area contributed by atoms with Crippen molar-refractivity contribution in [2.75, 3.05) is 13.1 Å². The van der Waals surface area contributed by atoms with Gasteiger partial charge in [-0.1, -0.05) is 29.8 Å². The van der Waals surface area contributed by atoms with Crippen LogP contribution in [0.15, 0.2) is 48.8 Å². The van der Waals surface area contributed by atoms with Crippen molar-refractivity contribution in [3.63, 3.8) is 0 Å². The summed E-state index contributed by atoms with van der Waals surface area (Å²) in [6.07, 6.45) is 4.24. The minimum absolute atomic E-state index is 0.0260. The zero-order valence-corrected chi connectivity index (χ0v) is 13.9. The minimum Gasteiger partial charge on any atom is -0.354 e. The lowest BCUT2D eigenvalue weighted by Crippen LogP contribution is -2.34. The van der Waals surface area contributed by atoms with Gasteiger partial charge in [-0.3, -0.25) is 9.59 Å². The van der Waals surface area contributed by atoms with Crippen LogP contribution in [0.4, 0.5) is 0 Å². The van der Waals surface area contributed by atoms with Gasteiger partial charge in [0, 0.05) is 45.0 Å². The third-order valence-corrected chi connectivity index (χ3v) is 4.41. The van der Waals surface area contributed by atoms with E-state index in [-0.39, 0.29) is 17.7 Å². The molecule has 5 nitrogen and oxygen atoms in total. The Morgan fingerprint density at radius 1 is 1.21 bits per heavy atom. The highest BCUT2D eigenvalue weighted by Gasteiger charge is 2.33. The van der Waals surface area contributed by atoms with Crippen LogP contribution in [0.5, 0.6) is 0 Å². The number of nitrogens with zero attached hydrogens (tertiary/aromatic N) is 2. The van der Waals surface area contributed by atoms with E-state index < -0.39 is 0 Å². The number of carbonyl (C=O) groups excluding carboxylic acids is 2. The molecule has 0 spiro atoms. The van der Waals surface area contributed by atoms with Gasteiger partial charge in [0.25, 0.3) is 0 Å². The van der Waals surface area contributed by atoms with Gasteiger partial charge in [0.15, 0.2) is 0 Å². The number of amides is 2. The fraction of sp³-hybridized carbons (Fsp3) is 0.368. The van der Waals surface area contributed by atoms with E-state index in [9.17, 15) is 9.59 Å². The molecule has 0 saturated carbocycles. The Morgan fingerprint density at radius 3 is 2.62 bits per heavy atom. The Hall–Kier alpha value is -2.56. The van der Waals surface area contributed by atoms with Gasteiger partial charge in [-0.2, -0.15) is 0 Å². The van der Waals surface area contributed by atoms with Crippen LogP contribution in [0.1, 0.15) is 17.5 Å².